The van der Waals surface area contributed by atoms with E-state index < -0.39 is 0 Å². The number of benzene rings is 3. The van der Waals surface area contributed by atoms with Gasteiger partial charge >= 0.3 is 0 Å². The molecule has 2 nitrogen and oxygen atoms in total. The van der Waals surface area contributed by atoms with Crippen molar-refractivity contribution >= 4 is 17.5 Å². The van der Waals surface area contributed by atoms with Gasteiger partial charge in [0.05, 0.1) is 12.5 Å². The van der Waals surface area contributed by atoms with E-state index >= 15 is 0 Å². The van der Waals surface area contributed by atoms with Gasteiger partial charge in [0.2, 0.25) is 5.91 Å². The molecule has 132 valence electrons. The molecule has 1 amide bonds. The van der Waals surface area contributed by atoms with Crippen LogP contribution in [0, 0.1) is 0 Å². The SMILES string of the molecule is CCN(C(=O)Cc1ccc(Cl)cc1)C(c1ccccc1)c1ccccc1. The van der Waals surface area contributed by atoms with Gasteiger partial charge in [-0.1, -0.05) is 84.4 Å². The largest absolute Gasteiger partial charge is 0.332 e. The second-order valence-electron chi connectivity index (χ2n) is 6.21. The minimum Gasteiger partial charge on any atom is -0.332 e. The van der Waals surface area contributed by atoms with Crippen molar-refractivity contribution in [1.82, 2.24) is 4.90 Å². The lowest BCUT2D eigenvalue weighted by molar-refractivity contribution is -0.132. The highest BCUT2D eigenvalue weighted by Gasteiger charge is 2.25. The molecule has 0 saturated heterocycles. The molecule has 0 spiro atoms. The lowest BCUT2D eigenvalue weighted by Crippen LogP contribution is -2.36. The van der Waals surface area contributed by atoms with E-state index in [9.17, 15) is 4.79 Å². The van der Waals surface area contributed by atoms with Crippen molar-refractivity contribution in [3.63, 3.8) is 0 Å². The number of halogens is 1. The highest BCUT2D eigenvalue weighted by molar-refractivity contribution is 6.30. The number of hydrogen-bond acceptors (Lipinski definition) is 1. The standard InChI is InChI=1S/C23H22ClNO/c1-2-25(22(26)17-18-13-15-21(24)16-14-18)23(19-9-5-3-6-10-19)20-11-7-4-8-12-20/h3-16,23H,2,17H2,1H3. The first-order chi connectivity index (χ1) is 12.7. The number of carbonyl (C=O) groups excluding carboxylic acids is 1. The Morgan fingerprint density at radius 1 is 0.846 bits per heavy atom. The van der Waals surface area contributed by atoms with Crippen LogP contribution in [0.3, 0.4) is 0 Å². The summed E-state index contributed by atoms with van der Waals surface area (Å²) >= 11 is 5.95. The zero-order valence-corrected chi connectivity index (χ0v) is 15.6. The normalized spacial score (nSPS) is 10.7. The average molecular weight is 364 g/mol. The maximum atomic E-state index is 13.1. The van der Waals surface area contributed by atoms with Crippen molar-refractivity contribution in [1.29, 1.82) is 0 Å². The maximum Gasteiger partial charge on any atom is 0.227 e. The molecule has 3 heteroatoms. The minimum absolute atomic E-state index is 0.0952. The van der Waals surface area contributed by atoms with Crippen molar-refractivity contribution < 1.29 is 4.79 Å². The van der Waals surface area contributed by atoms with Gasteiger partial charge in [0.25, 0.3) is 0 Å². The number of carbonyl (C=O) groups is 1. The molecule has 0 N–H and O–H groups in total. The van der Waals surface area contributed by atoms with Gasteiger partial charge in [0.1, 0.15) is 0 Å². The summed E-state index contributed by atoms with van der Waals surface area (Å²) in [4.78, 5) is 15.1. The summed E-state index contributed by atoms with van der Waals surface area (Å²) in [5.74, 6) is 0.104. The van der Waals surface area contributed by atoms with Crippen LogP contribution in [-0.4, -0.2) is 17.4 Å². The van der Waals surface area contributed by atoms with Crippen molar-refractivity contribution in [2.75, 3.05) is 6.54 Å². The van der Waals surface area contributed by atoms with Crippen LogP contribution in [0.1, 0.15) is 29.7 Å². The zero-order valence-electron chi connectivity index (χ0n) is 14.8. The Balaban J connectivity index is 1.92. The molecule has 0 fully saturated rings. The Bertz CT molecular complexity index is 792. The highest BCUT2D eigenvalue weighted by atomic mass is 35.5. The molecule has 0 aliphatic carbocycles. The van der Waals surface area contributed by atoms with Gasteiger partial charge < -0.3 is 4.90 Å². The second kappa shape index (κ2) is 8.68. The molecule has 0 aliphatic rings. The summed E-state index contributed by atoms with van der Waals surface area (Å²) in [5.41, 5.74) is 3.20. The van der Waals surface area contributed by atoms with Gasteiger partial charge in [-0.2, -0.15) is 0 Å². The summed E-state index contributed by atoms with van der Waals surface area (Å²) in [6.07, 6.45) is 0.362. The summed E-state index contributed by atoms with van der Waals surface area (Å²) < 4.78 is 0. The Kier molecular flexibility index (Phi) is 6.08. The molecule has 0 unspecified atom stereocenters. The van der Waals surface area contributed by atoms with Crippen LogP contribution < -0.4 is 0 Å². The van der Waals surface area contributed by atoms with Crippen LogP contribution >= 0.6 is 11.6 Å². The summed E-state index contributed by atoms with van der Waals surface area (Å²) in [7, 11) is 0. The van der Waals surface area contributed by atoms with Gasteiger partial charge in [-0.25, -0.2) is 0 Å². The fourth-order valence-corrected chi connectivity index (χ4v) is 3.33. The third-order valence-corrected chi connectivity index (χ3v) is 4.72. The molecule has 3 aromatic carbocycles. The fraction of sp³-hybridized carbons (Fsp3) is 0.174. The van der Waals surface area contributed by atoms with Gasteiger partial charge in [-0.05, 0) is 35.7 Å². The maximum absolute atomic E-state index is 13.1. The van der Waals surface area contributed by atoms with Crippen LogP contribution in [0.5, 0.6) is 0 Å². The van der Waals surface area contributed by atoms with Gasteiger partial charge in [-0.3, -0.25) is 4.79 Å². The van der Waals surface area contributed by atoms with Crippen molar-refractivity contribution in [2.24, 2.45) is 0 Å². The Morgan fingerprint density at radius 3 is 1.81 bits per heavy atom. The molecule has 3 aromatic rings. The van der Waals surface area contributed by atoms with E-state index in [0.717, 1.165) is 16.7 Å². The first kappa shape index (κ1) is 18.2. The van der Waals surface area contributed by atoms with E-state index in [1.54, 1.807) is 0 Å². The topological polar surface area (TPSA) is 20.3 Å². The van der Waals surface area contributed by atoms with Crippen LogP contribution in [0.4, 0.5) is 0 Å². The van der Waals surface area contributed by atoms with Crippen molar-refractivity contribution in [3.8, 4) is 0 Å². The average Bonchev–Trinajstić information content (AvgIpc) is 2.69. The molecule has 0 saturated carbocycles. The number of amides is 1. The van der Waals surface area contributed by atoms with Crippen molar-refractivity contribution in [3.05, 3.63) is 107 Å². The molecular formula is C23H22ClNO. The third kappa shape index (κ3) is 4.33. The van der Waals surface area contributed by atoms with Gasteiger partial charge in [0.15, 0.2) is 0 Å². The van der Waals surface area contributed by atoms with Crippen LogP contribution in [0.2, 0.25) is 5.02 Å². The quantitative estimate of drug-likeness (QED) is 0.564. The first-order valence-corrected chi connectivity index (χ1v) is 9.20. The van der Waals surface area contributed by atoms with E-state index in [-0.39, 0.29) is 11.9 Å². The van der Waals surface area contributed by atoms with E-state index in [1.165, 1.54) is 0 Å². The number of likely N-dealkylation sites (N-methyl/N-ethyl adjacent to an activating group) is 1. The van der Waals surface area contributed by atoms with Crippen LogP contribution in [0.15, 0.2) is 84.9 Å². The number of rotatable bonds is 6. The monoisotopic (exact) mass is 363 g/mol. The van der Waals surface area contributed by atoms with Crippen LogP contribution in [0.25, 0.3) is 0 Å². The van der Waals surface area contributed by atoms with E-state index in [0.29, 0.717) is 18.0 Å². The summed E-state index contributed by atoms with van der Waals surface area (Å²) in [6, 6.07) is 27.8. The molecule has 0 heterocycles. The number of nitrogens with zero attached hydrogens (tertiary/aromatic N) is 1. The van der Waals surface area contributed by atoms with Crippen molar-refractivity contribution in [2.45, 2.75) is 19.4 Å². The van der Waals surface area contributed by atoms with E-state index in [1.807, 2.05) is 72.5 Å². The van der Waals surface area contributed by atoms with Gasteiger partial charge in [0, 0.05) is 11.6 Å². The molecule has 0 bridgehead atoms. The highest BCUT2D eigenvalue weighted by Crippen LogP contribution is 2.29. The molecule has 26 heavy (non-hydrogen) atoms. The Labute approximate surface area is 160 Å². The Hall–Kier alpha value is -2.58. The fourth-order valence-electron chi connectivity index (χ4n) is 3.20. The first-order valence-electron chi connectivity index (χ1n) is 8.83. The van der Waals surface area contributed by atoms with E-state index in [4.69, 9.17) is 11.6 Å². The smallest absolute Gasteiger partial charge is 0.227 e. The summed E-state index contributed by atoms with van der Waals surface area (Å²) in [5, 5.41) is 0.681. The second-order valence-corrected chi connectivity index (χ2v) is 6.64. The Morgan fingerprint density at radius 2 is 1.35 bits per heavy atom. The third-order valence-electron chi connectivity index (χ3n) is 4.47. The minimum atomic E-state index is -0.0952. The molecular weight excluding hydrogens is 342 g/mol. The molecule has 0 aliphatic heterocycles. The number of hydrogen-bond donors (Lipinski definition) is 0. The molecule has 0 aromatic heterocycles. The predicted molar refractivity (Wildman–Crippen MR) is 107 cm³/mol. The summed E-state index contributed by atoms with van der Waals surface area (Å²) in [6.45, 7) is 2.67. The molecule has 0 radical (unpaired) electrons. The predicted octanol–water partition coefficient (Wildman–Crippen LogP) is 5.52. The van der Waals surface area contributed by atoms with Gasteiger partial charge in [-0.15, -0.1) is 0 Å². The molecule has 0 atom stereocenters. The van der Waals surface area contributed by atoms with E-state index in [2.05, 4.69) is 24.3 Å². The molecule has 3 rings (SSSR count). The lowest BCUT2D eigenvalue weighted by Gasteiger charge is -2.32. The zero-order chi connectivity index (χ0) is 18.4. The van der Waals surface area contributed by atoms with Crippen LogP contribution in [-0.2, 0) is 11.2 Å². The lowest BCUT2D eigenvalue weighted by atomic mass is 9.96.